The van der Waals surface area contributed by atoms with Crippen LogP contribution >= 0.6 is 11.8 Å². The van der Waals surface area contributed by atoms with Crippen LogP contribution in [0.15, 0.2) is 60.8 Å². The molecule has 0 spiro atoms. The zero-order valence-corrected chi connectivity index (χ0v) is 20.3. The number of thioether (sulfide) groups is 1. The molecule has 0 aromatic carbocycles. The van der Waals surface area contributed by atoms with E-state index in [2.05, 4.69) is 73.0 Å². The molecule has 0 saturated heterocycles. The van der Waals surface area contributed by atoms with Crippen molar-refractivity contribution in [2.75, 3.05) is 5.75 Å². The Morgan fingerprint density at radius 2 is 1.32 bits per heavy atom. The summed E-state index contributed by atoms with van der Waals surface area (Å²) in [7, 11) is 0. The lowest BCUT2D eigenvalue weighted by Gasteiger charge is -2.15. The molecule has 0 saturated carbocycles. The van der Waals surface area contributed by atoms with Gasteiger partial charge in [-0.2, -0.15) is 0 Å². The highest BCUT2D eigenvalue weighted by Gasteiger charge is 2.20. The van der Waals surface area contributed by atoms with Crippen molar-refractivity contribution in [1.29, 1.82) is 0 Å². The highest BCUT2D eigenvalue weighted by Crippen LogP contribution is 2.13. The Morgan fingerprint density at radius 1 is 0.839 bits per heavy atom. The molecule has 2 N–H and O–H groups in total. The van der Waals surface area contributed by atoms with Gasteiger partial charge in [0.25, 0.3) is 0 Å². The van der Waals surface area contributed by atoms with E-state index in [0.717, 1.165) is 44.9 Å². The van der Waals surface area contributed by atoms with Crippen LogP contribution in [0.4, 0.5) is 0 Å². The van der Waals surface area contributed by atoms with E-state index in [4.69, 9.17) is 0 Å². The van der Waals surface area contributed by atoms with E-state index in [1.165, 1.54) is 11.8 Å². The molecule has 0 fully saturated rings. The first-order valence-corrected chi connectivity index (χ1v) is 12.4. The fraction of sp³-hybridized carbons (Fsp3) is 0.538. The van der Waals surface area contributed by atoms with Crippen molar-refractivity contribution in [3.05, 3.63) is 60.8 Å². The fourth-order valence-electron chi connectivity index (χ4n) is 2.43. The van der Waals surface area contributed by atoms with E-state index >= 15 is 0 Å². The number of aliphatic carboxylic acids is 1. The summed E-state index contributed by atoms with van der Waals surface area (Å²) in [5.41, 5.74) is 0. The second-order valence-electron chi connectivity index (χ2n) is 7.61. The molecule has 0 bridgehead atoms. The molecular weight excluding hydrogens is 406 g/mol. The predicted octanol–water partition coefficient (Wildman–Crippen LogP) is 6.82. The third-order valence-corrected chi connectivity index (χ3v) is 5.56. The van der Waals surface area contributed by atoms with Crippen LogP contribution in [0.1, 0.15) is 72.1 Å². The van der Waals surface area contributed by atoms with Crippen molar-refractivity contribution < 1.29 is 14.7 Å². The molecular formula is C26H41NO3S. The summed E-state index contributed by atoms with van der Waals surface area (Å²) >= 11 is 1.27. The Balaban J connectivity index is 3.79. The molecule has 0 aliphatic rings. The molecule has 0 rings (SSSR count). The van der Waals surface area contributed by atoms with Crippen molar-refractivity contribution in [2.24, 2.45) is 5.92 Å². The zero-order chi connectivity index (χ0) is 23.2. The molecule has 0 aromatic rings. The number of carboxylic acid groups (broad SMARTS) is 1. The summed E-state index contributed by atoms with van der Waals surface area (Å²) in [6.45, 7) is 6.19. The van der Waals surface area contributed by atoms with Crippen molar-refractivity contribution in [3.63, 3.8) is 0 Å². The highest BCUT2D eigenvalue weighted by atomic mass is 32.2. The van der Waals surface area contributed by atoms with Gasteiger partial charge in [0.2, 0.25) is 5.91 Å². The molecule has 31 heavy (non-hydrogen) atoms. The predicted molar refractivity (Wildman–Crippen MR) is 135 cm³/mol. The smallest absolute Gasteiger partial charge is 0.336 e. The van der Waals surface area contributed by atoms with Gasteiger partial charge in [-0.3, -0.25) is 4.79 Å². The molecule has 0 heterocycles. The summed E-state index contributed by atoms with van der Waals surface area (Å²) in [5, 5.41) is 10.9. The molecule has 0 unspecified atom stereocenters. The van der Waals surface area contributed by atoms with Gasteiger partial charge in [0.15, 0.2) is 5.37 Å². The molecule has 5 heteroatoms. The van der Waals surface area contributed by atoms with Crippen LogP contribution in [0.5, 0.6) is 0 Å². The van der Waals surface area contributed by atoms with Gasteiger partial charge in [-0.05, 0) is 56.6 Å². The SMILES string of the molecule is CC/C=C\C/C=C\C/C=C\C/C=C\C/C=C\CCCC(=O)N[C@@H](SCC(C)C)C(=O)O. The van der Waals surface area contributed by atoms with Crippen molar-refractivity contribution in [1.82, 2.24) is 5.32 Å². The van der Waals surface area contributed by atoms with E-state index < -0.39 is 11.3 Å². The molecule has 1 amide bonds. The second-order valence-corrected chi connectivity index (χ2v) is 8.75. The van der Waals surface area contributed by atoms with Gasteiger partial charge in [0.05, 0.1) is 0 Å². The lowest BCUT2D eigenvalue weighted by molar-refractivity contribution is -0.139. The van der Waals surface area contributed by atoms with Gasteiger partial charge in [-0.1, -0.05) is 81.5 Å². The average molecular weight is 448 g/mol. The number of carboxylic acids is 1. The summed E-state index contributed by atoms with van der Waals surface area (Å²) in [6.07, 6.45) is 28.4. The van der Waals surface area contributed by atoms with E-state index in [1.807, 2.05) is 13.8 Å². The number of carbonyl (C=O) groups excluding carboxylic acids is 1. The maximum Gasteiger partial charge on any atom is 0.336 e. The topological polar surface area (TPSA) is 66.4 Å². The fourth-order valence-corrected chi connectivity index (χ4v) is 3.37. The molecule has 0 aliphatic heterocycles. The third-order valence-electron chi connectivity index (χ3n) is 4.04. The van der Waals surface area contributed by atoms with Crippen molar-refractivity contribution >= 4 is 23.6 Å². The van der Waals surface area contributed by atoms with Gasteiger partial charge in [-0.25, -0.2) is 4.79 Å². The minimum Gasteiger partial charge on any atom is -0.479 e. The normalized spacial score (nSPS) is 13.5. The van der Waals surface area contributed by atoms with E-state index in [9.17, 15) is 14.7 Å². The third kappa shape index (κ3) is 21.0. The molecule has 0 radical (unpaired) electrons. The van der Waals surface area contributed by atoms with Crippen LogP contribution in [0.3, 0.4) is 0 Å². The number of hydrogen-bond acceptors (Lipinski definition) is 3. The van der Waals surface area contributed by atoms with Gasteiger partial charge in [-0.15, -0.1) is 11.8 Å². The summed E-state index contributed by atoms with van der Waals surface area (Å²) in [6, 6.07) is 0. The number of nitrogens with one attached hydrogen (secondary N) is 1. The maximum absolute atomic E-state index is 11.9. The first kappa shape index (κ1) is 29.0. The maximum atomic E-state index is 11.9. The number of rotatable bonds is 18. The minimum atomic E-state index is -0.989. The van der Waals surface area contributed by atoms with Crippen molar-refractivity contribution in [2.45, 2.75) is 77.5 Å². The summed E-state index contributed by atoms with van der Waals surface area (Å²) in [4.78, 5) is 23.1. The van der Waals surface area contributed by atoms with Crippen LogP contribution in [-0.2, 0) is 9.59 Å². The second kappa shape index (κ2) is 21.2. The standard InChI is InChI=1S/C26H41NO3S/c1-4-5-6-7-8-9-10-11-12-13-14-15-16-17-18-19-20-21-24(28)27-25(26(29)30)31-22-23(2)3/h5-6,8-9,11-12,14-15,17-18,23,25H,4,7,10,13,16,19-22H2,1-3H3,(H,27,28)(H,29,30)/b6-5-,9-8-,12-11-,15-14-,18-17-/t25-/m0/s1. The lowest BCUT2D eigenvalue weighted by Crippen LogP contribution is -2.38. The first-order chi connectivity index (χ1) is 15.0. The van der Waals surface area contributed by atoms with Crippen LogP contribution in [-0.4, -0.2) is 28.1 Å². The van der Waals surface area contributed by atoms with Crippen LogP contribution in [0.2, 0.25) is 0 Å². The Hall–Kier alpha value is -2.01. The Morgan fingerprint density at radius 3 is 1.77 bits per heavy atom. The van der Waals surface area contributed by atoms with Crippen LogP contribution in [0.25, 0.3) is 0 Å². The first-order valence-electron chi connectivity index (χ1n) is 11.4. The molecule has 0 aliphatic carbocycles. The zero-order valence-electron chi connectivity index (χ0n) is 19.5. The molecule has 4 nitrogen and oxygen atoms in total. The number of amides is 1. The average Bonchev–Trinajstić information content (AvgIpc) is 2.73. The van der Waals surface area contributed by atoms with Crippen LogP contribution in [0, 0.1) is 5.92 Å². The molecule has 174 valence electrons. The van der Waals surface area contributed by atoms with E-state index in [-0.39, 0.29) is 5.91 Å². The molecule has 1 atom stereocenters. The largest absolute Gasteiger partial charge is 0.479 e. The van der Waals surface area contributed by atoms with Crippen LogP contribution < -0.4 is 5.32 Å². The number of allylic oxidation sites excluding steroid dienone is 10. The number of carbonyl (C=O) groups is 2. The van der Waals surface area contributed by atoms with E-state index in [1.54, 1.807) is 0 Å². The number of hydrogen-bond donors (Lipinski definition) is 2. The van der Waals surface area contributed by atoms with Gasteiger partial charge in [0.1, 0.15) is 0 Å². The highest BCUT2D eigenvalue weighted by molar-refractivity contribution is 8.00. The van der Waals surface area contributed by atoms with Gasteiger partial charge < -0.3 is 10.4 Å². The van der Waals surface area contributed by atoms with Crippen molar-refractivity contribution in [3.8, 4) is 0 Å². The van der Waals surface area contributed by atoms with E-state index in [0.29, 0.717) is 18.1 Å². The van der Waals surface area contributed by atoms with Gasteiger partial charge in [0, 0.05) is 6.42 Å². The summed E-state index contributed by atoms with van der Waals surface area (Å²) in [5.74, 6) is -0.0935. The summed E-state index contributed by atoms with van der Waals surface area (Å²) < 4.78 is 0. The molecule has 0 aromatic heterocycles. The Labute approximate surface area is 193 Å². The monoisotopic (exact) mass is 447 g/mol. The number of unbranched alkanes of at least 4 members (excludes halogenated alkanes) is 1. The quantitative estimate of drug-likeness (QED) is 0.137. The Bertz CT molecular complexity index is 618. The minimum absolute atomic E-state index is 0.198. The Kier molecular flexibility index (Phi) is 19.9. The lowest BCUT2D eigenvalue weighted by atomic mass is 10.2. The van der Waals surface area contributed by atoms with Gasteiger partial charge >= 0.3 is 5.97 Å².